The molecule has 0 spiro atoms. The molecule has 3 aromatic carbocycles. The first-order chi connectivity index (χ1) is 15.2. The number of imidazole rings is 1. The number of allylic oxidation sites excluding steroid dienone is 1. The summed E-state index contributed by atoms with van der Waals surface area (Å²) in [6, 6.07) is 25.5. The average molecular weight is 430 g/mol. The first-order valence-corrected chi connectivity index (χ1v) is 10.8. The van der Waals surface area contributed by atoms with E-state index in [1.165, 1.54) is 5.56 Å². The number of hydrogen-bond acceptors (Lipinski definition) is 2. The highest BCUT2D eigenvalue weighted by Gasteiger charge is 2.11. The Kier molecular flexibility index (Phi) is 6.80. The van der Waals surface area contributed by atoms with E-state index in [9.17, 15) is 4.79 Å². The van der Waals surface area contributed by atoms with E-state index in [4.69, 9.17) is 16.6 Å². The summed E-state index contributed by atoms with van der Waals surface area (Å²) in [4.78, 5) is 17.2. The maximum atomic E-state index is 12.3. The monoisotopic (exact) mass is 429 g/mol. The van der Waals surface area contributed by atoms with Gasteiger partial charge < -0.3 is 9.88 Å². The maximum absolute atomic E-state index is 12.3. The van der Waals surface area contributed by atoms with E-state index in [-0.39, 0.29) is 5.91 Å². The Bertz CT molecular complexity index is 1200. The fraction of sp³-hybridized carbons (Fsp3) is 0.154. The van der Waals surface area contributed by atoms with Crippen molar-refractivity contribution in [1.29, 1.82) is 0 Å². The molecule has 31 heavy (non-hydrogen) atoms. The number of benzene rings is 3. The van der Waals surface area contributed by atoms with Gasteiger partial charge in [0.2, 0.25) is 0 Å². The van der Waals surface area contributed by atoms with Crippen molar-refractivity contribution < 1.29 is 4.79 Å². The third-order valence-electron chi connectivity index (χ3n) is 5.11. The molecule has 0 aliphatic rings. The van der Waals surface area contributed by atoms with Crippen molar-refractivity contribution in [2.75, 3.05) is 6.54 Å². The molecule has 5 heteroatoms. The molecule has 0 aliphatic carbocycles. The molecule has 0 saturated carbocycles. The van der Waals surface area contributed by atoms with Crippen LogP contribution in [0.25, 0.3) is 17.1 Å². The molecule has 0 radical (unpaired) electrons. The van der Waals surface area contributed by atoms with Crippen molar-refractivity contribution in [3.05, 3.63) is 107 Å². The van der Waals surface area contributed by atoms with Crippen molar-refractivity contribution in [2.24, 2.45) is 0 Å². The van der Waals surface area contributed by atoms with Crippen LogP contribution >= 0.6 is 11.6 Å². The largest absolute Gasteiger partial charge is 0.352 e. The number of amides is 1. The van der Waals surface area contributed by atoms with E-state index in [1.54, 1.807) is 12.1 Å². The van der Waals surface area contributed by atoms with Gasteiger partial charge in [0, 0.05) is 19.5 Å². The number of carbonyl (C=O) groups excluding carboxylic acids is 1. The van der Waals surface area contributed by atoms with Gasteiger partial charge in [0.05, 0.1) is 21.6 Å². The van der Waals surface area contributed by atoms with E-state index in [1.807, 2.05) is 48.5 Å². The minimum Gasteiger partial charge on any atom is -0.352 e. The van der Waals surface area contributed by atoms with E-state index in [2.05, 4.69) is 40.2 Å². The van der Waals surface area contributed by atoms with Crippen LogP contribution in [0, 0.1) is 0 Å². The molecular formula is C26H24ClN3O. The van der Waals surface area contributed by atoms with Gasteiger partial charge in [-0.05, 0) is 36.2 Å². The van der Waals surface area contributed by atoms with Crippen molar-refractivity contribution in [2.45, 2.75) is 19.4 Å². The van der Waals surface area contributed by atoms with Crippen LogP contribution in [-0.2, 0) is 13.0 Å². The molecule has 0 unspecified atom stereocenters. The van der Waals surface area contributed by atoms with Gasteiger partial charge >= 0.3 is 0 Å². The van der Waals surface area contributed by atoms with Gasteiger partial charge in [-0.3, -0.25) is 4.79 Å². The number of rotatable bonds is 8. The summed E-state index contributed by atoms with van der Waals surface area (Å²) in [7, 11) is 0. The molecule has 0 atom stereocenters. The lowest BCUT2D eigenvalue weighted by atomic mass is 10.2. The Labute approximate surface area is 187 Å². The number of carbonyl (C=O) groups is 1. The molecule has 1 N–H and O–H groups in total. The summed E-state index contributed by atoms with van der Waals surface area (Å²) in [5.74, 6) is 0.871. The lowest BCUT2D eigenvalue weighted by molar-refractivity contribution is 0.0953. The van der Waals surface area contributed by atoms with Crippen LogP contribution < -0.4 is 5.32 Å². The van der Waals surface area contributed by atoms with E-state index < -0.39 is 0 Å². The molecular weight excluding hydrogens is 406 g/mol. The van der Waals surface area contributed by atoms with Gasteiger partial charge in [-0.1, -0.05) is 78.4 Å². The van der Waals surface area contributed by atoms with Gasteiger partial charge in [0.1, 0.15) is 5.82 Å². The molecule has 4 rings (SSSR count). The van der Waals surface area contributed by atoms with Gasteiger partial charge in [-0.15, -0.1) is 0 Å². The molecule has 1 amide bonds. The predicted octanol–water partition coefficient (Wildman–Crippen LogP) is 5.77. The average Bonchev–Trinajstić information content (AvgIpc) is 3.15. The van der Waals surface area contributed by atoms with Crippen molar-refractivity contribution in [3.63, 3.8) is 0 Å². The summed E-state index contributed by atoms with van der Waals surface area (Å²) >= 11 is 6.11. The molecule has 156 valence electrons. The molecule has 0 saturated heterocycles. The first-order valence-electron chi connectivity index (χ1n) is 10.4. The van der Waals surface area contributed by atoms with Crippen LogP contribution in [0.5, 0.6) is 0 Å². The lowest BCUT2D eigenvalue weighted by Crippen LogP contribution is -2.25. The molecule has 1 aromatic heterocycles. The Balaban J connectivity index is 1.41. The summed E-state index contributed by atoms with van der Waals surface area (Å²) in [6.45, 7) is 1.31. The highest BCUT2D eigenvalue weighted by molar-refractivity contribution is 6.33. The zero-order valence-corrected chi connectivity index (χ0v) is 17.9. The van der Waals surface area contributed by atoms with Crippen LogP contribution in [0.2, 0.25) is 5.02 Å². The number of fused-ring (bicyclic) bond motifs is 1. The molecule has 0 bridgehead atoms. The molecule has 1 heterocycles. The van der Waals surface area contributed by atoms with E-state index >= 15 is 0 Å². The summed E-state index contributed by atoms with van der Waals surface area (Å²) in [5.41, 5.74) is 3.79. The quantitative estimate of drug-likeness (QED) is 0.361. The summed E-state index contributed by atoms with van der Waals surface area (Å²) < 4.78 is 2.24. The topological polar surface area (TPSA) is 46.9 Å². The fourth-order valence-electron chi connectivity index (χ4n) is 3.57. The van der Waals surface area contributed by atoms with Crippen LogP contribution in [0.15, 0.2) is 84.9 Å². The number of hydrogen-bond donors (Lipinski definition) is 1. The van der Waals surface area contributed by atoms with E-state index in [0.29, 0.717) is 17.1 Å². The van der Waals surface area contributed by atoms with Gasteiger partial charge in [0.15, 0.2) is 0 Å². The first kappa shape index (κ1) is 20.9. The maximum Gasteiger partial charge on any atom is 0.252 e. The Morgan fingerprint density at radius 2 is 1.71 bits per heavy atom. The normalized spacial score (nSPS) is 11.3. The Morgan fingerprint density at radius 3 is 2.55 bits per heavy atom. The second kappa shape index (κ2) is 10.1. The van der Waals surface area contributed by atoms with Crippen LogP contribution in [0.4, 0.5) is 0 Å². The standard InChI is InChI=1S/C26H24ClN3O/c27-22-14-5-4-13-21(22)26(31)28-18-8-17-25-29-23-15-6-7-16-24(23)30(25)19-9-12-20-10-2-1-3-11-20/h1-7,9-16H,8,17-19H2,(H,28,31)/b12-9+. The second-order valence-electron chi connectivity index (χ2n) is 7.28. The number of aryl methyl sites for hydroxylation is 1. The third-order valence-corrected chi connectivity index (χ3v) is 5.44. The Morgan fingerprint density at radius 1 is 0.968 bits per heavy atom. The van der Waals surface area contributed by atoms with Crippen molar-refractivity contribution in [3.8, 4) is 0 Å². The molecule has 0 aliphatic heterocycles. The minimum atomic E-state index is -0.148. The van der Waals surface area contributed by atoms with Gasteiger partial charge in [0.25, 0.3) is 5.91 Å². The molecule has 4 aromatic rings. The predicted molar refractivity (Wildman–Crippen MR) is 127 cm³/mol. The van der Waals surface area contributed by atoms with Crippen LogP contribution in [-0.4, -0.2) is 22.0 Å². The lowest BCUT2D eigenvalue weighted by Gasteiger charge is -2.08. The minimum absolute atomic E-state index is 0.148. The molecule has 0 fully saturated rings. The van der Waals surface area contributed by atoms with E-state index in [0.717, 1.165) is 36.2 Å². The number of nitrogens with one attached hydrogen (secondary N) is 1. The van der Waals surface area contributed by atoms with Crippen molar-refractivity contribution >= 4 is 34.6 Å². The SMILES string of the molecule is O=C(NCCCc1nc2ccccc2n1C/C=C/c1ccccc1)c1ccccc1Cl. The highest BCUT2D eigenvalue weighted by Crippen LogP contribution is 2.18. The van der Waals surface area contributed by atoms with Gasteiger partial charge in [-0.25, -0.2) is 4.98 Å². The zero-order chi connectivity index (χ0) is 21.5. The zero-order valence-electron chi connectivity index (χ0n) is 17.2. The van der Waals surface area contributed by atoms with Crippen molar-refractivity contribution in [1.82, 2.24) is 14.9 Å². The fourth-order valence-corrected chi connectivity index (χ4v) is 3.79. The summed E-state index contributed by atoms with van der Waals surface area (Å²) in [6.07, 6.45) is 5.85. The highest BCUT2D eigenvalue weighted by atomic mass is 35.5. The number of aromatic nitrogens is 2. The third kappa shape index (κ3) is 5.22. The van der Waals surface area contributed by atoms with Crippen LogP contribution in [0.3, 0.4) is 0 Å². The number of halogens is 1. The number of para-hydroxylation sites is 2. The van der Waals surface area contributed by atoms with Gasteiger partial charge in [-0.2, -0.15) is 0 Å². The number of nitrogens with zero attached hydrogens (tertiary/aromatic N) is 2. The smallest absolute Gasteiger partial charge is 0.252 e. The molecule has 4 nitrogen and oxygen atoms in total. The Hall–Kier alpha value is -3.37. The second-order valence-corrected chi connectivity index (χ2v) is 7.69. The summed E-state index contributed by atoms with van der Waals surface area (Å²) in [5, 5.41) is 3.42. The van der Waals surface area contributed by atoms with Crippen LogP contribution in [0.1, 0.15) is 28.2 Å².